The number of benzene rings is 1. The summed E-state index contributed by atoms with van der Waals surface area (Å²) in [6.07, 6.45) is 0.981. The lowest BCUT2D eigenvalue weighted by atomic mass is 10.3. The molecule has 0 unspecified atom stereocenters. The first kappa shape index (κ1) is 17.2. The van der Waals surface area contributed by atoms with Gasteiger partial charge in [0.2, 0.25) is 15.9 Å². The zero-order valence-corrected chi connectivity index (χ0v) is 13.6. The maximum atomic E-state index is 12.3. The number of hydrogen-bond donors (Lipinski definition) is 2. The number of furan rings is 1. The Balaban J connectivity index is 2.05. The Bertz CT molecular complexity index is 739. The third kappa shape index (κ3) is 4.65. The summed E-state index contributed by atoms with van der Waals surface area (Å²) in [5, 5.41) is 2.57. The minimum Gasteiger partial charge on any atom is -0.467 e. The van der Waals surface area contributed by atoms with Gasteiger partial charge in [-0.1, -0.05) is 0 Å². The molecule has 0 saturated heterocycles. The molecule has 1 atom stereocenters. The molecule has 0 fully saturated rings. The molecule has 2 rings (SSSR count). The Morgan fingerprint density at radius 1 is 1.26 bits per heavy atom. The number of ether oxygens (including phenoxy) is 1. The van der Waals surface area contributed by atoms with E-state index in [1.807, 2.05) is 0 Å². The molecule has 0 aliphatic carbocycles. The predicted molar refractivity (Wildman–Crippen MR) is 84.4 cm³/mol. The summed E-state index contributed by atoms with van der Waals surface area (Å²) in [5.74, 6) is 0.316. The van der Waals surface area contributed by atoms with Crippen LogP contribution in [0, 0.1) is 0 Å². The molecular weight excluding hydrogens is 320 g/mol. The first-order valence-electron chi connectivity index (χ1n) is 6.86. The van der Waals surface area contributed by atoms with Gasteiger partial charge in [-0.2, -0.15) is 0 Å². The number of carbonyl (C=O) groups is 1. The fourth-order valence-electron chi connectivity index (χ4n) is 1.96. The number of amides is 1. The van der Waals surface area contributed by atoms with Crippen LogP contribution in [0.2, 0.25) is 0 Å². The van der Waals surface area contributed by atoms with Crippen LogP contribution in [0.5, 0.6) is 0 Å². The monoisotopic (exact) mass is 338 g/mol. The summed E-state index contributed by atoms with van der Waals surface area (Å²) in [4.78, 5) is 11.1. The second-order valence-corrected chi connectivity index (χ2v) is 6.56. The molecule has 1 aromatic carbocycles. The zero-order valence-electron chi connectivity index (χ0n) is 12.8. The average molecular weight is 338 g/mol. The highest BCUT2D eigenvalue weighted by Crippen LogP contribution is 2.18. The second kappa shape index (κ2) is 7.40. The topological polar surface area (TPSA) is 97.6 Å². The van der Waals surface area contributed by atoms with Crippen molar-refractivity contribution >= 4 is 21.6 Å². The molecule has 0 spiro atoms. The van der Waals surface area contributed by atoms with Crippen molar-refractivity contribution in [3.8, 4) is 0 Å². The lowest BCUT2D eigenvalue weighted by Gasteiger charge is -2.14. The number of rotatable bonds is 7. The lowest BCUT2D eigenvalue weighted by Crippen LogP contribution is -2.29. The van der Waals surface area contributed by atoms with E-state index < -0.39 is 16.1 Å². The Hall–Kier alpha value is -2.16. The summed E-state index contributed by atoms with van der Waals surface area (Å²) in [5.41, 5.74) is 0.529. The third-order valence-electron chi connectivity index (χ3n) is 3.09. The molecule has 1 amide bonds. The summed E-state index contributed by atoms with van der Waals surface area (Å²) >= 11 is 0. The van der Waals surface area contributed by atoms with Gasteiger partial charge in [-0.3, -0.25) is 4.79 Å². The number of methoxy groups -OCH3 is 1. The van der Waals surface area contributed by atoms with E-state index in [9.17, 15) is 13.2 Å². The largest absolute Gasteiger partial charge is 0.467 e. The molecule has 7 nitrogen and oxygen atoms in total. The molecule has 124 valence electrons. The number of hydrogen-bond acceptors (Lipinski definition) is 5. The van der Waals surface area contributed by atoms with E-state index in [0.29, 0.717) is 11.4 Å². The molecule has 0 aliphatic heterocycles. The first-order chi connectivity index (χ1) is 10.9. The molecular formula is C15H18N2O5S. The molecule has 1 heterocycles. The van der Waals surface area contributed by atoms with E-state index in [4.69, 9.17) is 9.15 Å². The summed E-state index contributed by atoms with van der Waals surface area (Å²) in [6.45, 7) is 1.42. The summed E-state index contributed by atoms with van der Waals surface area (Å²) in [6, 6.07) is 9.30. The van der Waals surface area contributed by atoms with E-state index in [1.165, 1.54) is 44.6 Å². The highest BCUT2D eigenvalue weighted by atomic mass is 32.2. The van der Waals surface area contributed by atoms with E-state index in [1.54, 1.807) is 12.1 Å². The van der Waals surface area contributed by atoms with Crippen molar-refractivity contribution in [1.82, 2.24) is 4.72 Å². The molecule has 8 heteroatoms. The van der Waals surface area contributed by atoms with Gasteiger partial charge in [0.05, 0.1) is 11.2 Å². The molecule has 0 bridgehead atoms. The van der Waals surface area contributed by atoms with Crippen LogP contribution >= 0.6 is 0 Å². The number of carbonyl (C=O) groups excluding carboxylic acids is 1. The third-order valence-corrected chi connectivity index (χ3v) is 4.53. The quantitative estimate of drug-likeness (QED) is 0.803. The van der Waals surface area contributed by atoms with E-state index >= 15 is 0 Å². The van der Waals surface area contributed by atoms with E-state index in [-0.39, 0.29) is 17.3 Å². The van der Waals surface area contributed by atoms with Crippen molar-refractivity contribution in [3.63, 3.8) is 0 Å². The Labute approximate surface area is 134 Å². The van der Waals surface area contributed by atoms with Crippen LogP contribution in [0.3, 0.4) is 0 Å². The van der Waals surface area contributed by atoms with Gasteiger partial charge in [0.25, 0.3) is 0 Å². The Kier molecular flexibility index (Phi) is 5.54. The molecule has 0 aliphatic rings. The fraction of sp³-hybridized carbons (Fsp3) is 0.267. The van der Waals surface area contributed by atoms with Crippen molar-refractivity contribution in [2.24, 2.45) is 0 Å². The number of nitrogens with one attached hydrogen (secondary N) is 2. The van der Waals surface area contributed by atoms with E-state index in [2.05, 4.69) is 10.0 Å². The van der Waals surface area contributed by atoms with Crippen LogP contribution in [0.15, 0.2) is 52.0 Å². The smallest absolute Gasteiger partial charge is 0.240 e. The Morgan fingerprint density at radius 2 is 1.96 bits per heavy atom. The van der Waals surface area contributed by atoms with Gasteiger partial charge in [-0.05, 0) is 36.4 Å². The first-order valence-corrected chi connectivity index (χ1v) is 8.34. The second-order valence-electron chi connectivity index (χ2n) is 4.80. The van der Waals surface area contributed by atoms with Crippen LogP contribution in [0.4, 0.5) is 5.69 Å². The predicted octanol–water partition coefficient (Wildman–Crippen LogP) is 1.90. The van der Waals surface area contributed by atoms with Gasteiger partial charge < -0.3 is 14.5 Å². The minimum atomic E-state index is -3.69. The van der Waals surface area contributed by atoms with Crippen LogP contribution in [-0.4, -0.2) is 28.0 Å². The standard InChI is InChI=1S/C15H18N2O5S/c1-11(18)17-12-5-7-13(8-6-12)23(19,20)16-10-15(21-2)14-4-3-9-22-14/h3-9,15-16H,10H2,1-2H3,(H,17,18)/t15-/m0/s1. The highest BCUT2D eigenvalue weighted by Gasteiger charge is 2.19. The SMILES string of the molecule is CO[C@@H](CNS(=O)(=O)c1ccc(NC(C)=O)cc1)c1ccco1. The van der Waals surface area contributed by atoms with Gasteiger partial charge >= 0.3 is 0 Å². The van der Waals surface area contributed by atoms with Crippen LogP contribution in [0.25, 0.3) is 0 Å². The fourth-order valence-corrected chi connectivity index (χ4v) is 3.00. The van der Waals surface area contributed by atoms with Gasteiger partial charge in [0.15, 0.2) is 0 Å². The normalized spacial score (nSPS) is 12.8. The van der Waals surface area contributed by atoms with Gasteiger partial charge in [-0.25, -0.2) is 13.1 Å². The summed E-state index contributed by atoms with van der Waals surface area (Å²) < 4.78 is 37.4. The zero-order chi connectivity index (χ0) is 16.9. The summed E-state index contributed by atoms with van der Waals surface area (Å²) in [7, 11) is -2.21. The minimum absolute atomic E-state index is 0.0415. The van der Waals surface area contributed by atoms with Crippen molar-refractivity contribution in [2.45, 2.75) is 17.9 Å². The van der Waals surface area contributed by atoms with Gasteiger partial charge in [0, 0.05) is 26.3 Å². The van der Waals surface area contributed by atoms with Gasteiger partial charge in [0.1, 0.15) is 11.9 Å². The van der Waals surface area contributed by atoms with E-state index in [0.717, 1.165) is 0 Å². The molecule has 0 saturated carbocycles. The van der Waals surface area contributed by atoms with Crippen molar-refractivity contribution in [1.29, 1.82) is 0 Å². The number of anilines is 1. The Morgan fingerprint density at radius 3 is 2.48 bits per heavy atom. The molecule has 0 radical (unpaired) electrons. The van der Waals surface area contributed by atoms with Crippen LogP contribution < -0.4 is 10.0 Å². The number of sulfonamides is 1. The maximum absolute atomic E-state index is 12.3. The molecule has 2 aromatic rings. The molecule has 1 aromatic heterocycles. The highest BCUT2D eigenvalue weighted by molar-refractivity contribution is 7.89. The van der Waals surface area contributed by atoms with Crippen molar-refractivity contribution < 1.29 is 22.4 Å². The van der Waals surface area contributed by atoms with Crippen LogP contribution in [-0.2, 0) is 19.6 Å². The van der Waals surface area contributed by atoms with Crippen LogP contribution in [0.1, 0.15) is 18.8 Å². The van der Waals surface area contributed by atoms with Gasteiger partial charge in [-0.15, -0.1) is 0 Å². The maximum Gasteiger partial charge on any atom is 0.240 e. The van der Waals surface area contributed by atoms with Crippen molar-refractivity contribution in [3.05, 3.63) is 48.4 Å². The lowest BCUT2D eigenvalue weighted by molar-refractivity contribution is -0.114. The molecule has 2 N–H and O–H groups in total. The average Bonchev–Trinajstić information content (AvgIpc) is 3.02. The van der Waals surface area contributed by atoms with Crippen molar-refractivity contribution in [2.75, 3.05) is 19.0 Å². The molecule has 23 heavy (non-hydrogen) atoms.